The highest BCUT2D eigenvalue weighted by Gasteiger charge is 2.58. The summed E-state index contributed by atoms with van der Waals surface area (Å²) in [6, 6.07) is 3.88. The number of aryl methyl sites for hydroxylation is 1. The summed E-state index contributed by atoms with van der Waals surface area (Å²) in [7, 11) is 1.51. The van der Waals surface area contributed by atoms with Crippen LogP contribution in [0.3, 0.4) is 0 Å². The zero-order valence-electron chi connectivity index (χ0n) is 19.6. The minimum atomic E-state index is -4.61. The molecule has 1 saturated carbocycles. The number of halogens is 4. The Bertz CT molecular complexity index is 1320. The quantitative estimate of drug-likeness (QED) is 0.527. The summed E-state index contributed by atoms with van der Waals surface area (Å²) in [6.07, 6.45) is 0.800. The normalized spacial score (nSPS) is 23.7. The highest BCUT2D eigenvalue weighted by atomic mass is 19.4. The van der Waals surface area contributed by atoms with E-state index in [-0.39, 0.29) is 11.0 Å². The number of nitrogens with two attached hydrogens (primary N) is 1. The standard InChI is InChI=1S/C24H25F4N7O/c1-36-18-2-7-30-21(32-18)19(23(25)3-4-23)34-8-5-22(13-34)6-9-35-17(22)11-16(33-35)14-10-15(24(26,27)28)20(29)31-12-14/h2,7,10-12,19H,3-6,8-9,13H2,1H3,(H2,29,31)/t19?,22-/m1/s1. The van der Waals surface area contributed by atoms with Crippen molar-refractivity contribution < 1.29 is 22.3 Å². The van der Waals surface area contributed by atoms with Gasteiger partial charge in [0.05, 0.1) is 18.4 Å². The topological polar surface area (TPSA) is 95.0 Å². The van der Waals surface area contributed by atoms with Crippen LogP contribution in [-0.4, -0.2) is 55.5 Å². The molecule has 3 aromatic heterocycles. The predicted octanol–water partition coefficient (Wildman–Crippen LogP) is 3.94. The van der Waals surface area contributed by atoms with Gasteiger partial charge in [-0.3, -0.25) is 9.58 Å². The number of methoxy groups -OCH3 is 1. The van der Waals surface area contributed by atoms with Gasteiger partial charge in [-0.2, -0.15) is 23.3 Å². The minimum Gasteiger partial charge on any atom is -0.481 e. The Morgan fingerprint density at radius 1 is 1.11 bits per heavy atom. The molecule has 3 aromatic rings. The number of pyridine rings is 1. The van der Waals surface area contributed by atoms with E-state index in [2.05, 4.69) is 25.0 Å². The third kappa shape index (κ3) is 3.69. The fraction of sp³-hybridized carbons (Fsp3) is 0.500. The lowest BCUT2D eigenvalue weighted by molar-refractivity contribution is -0.137. The lowest BCUT2D eigenvalue weighted by Gasteiger charge is -2.31. The molecule has 8 nitrogen and oxygen atoms in total. The van der Waals surface area contributed by atoms with E-state index in [9.17, 15) is 13.2 Å². The summed E-state index contributed by atoms with van der Waals surface area (Å²) in [5.74, 6) is 0.236. The first-order chi connectivity index (χ1) is 17.1. The summed E-state index contributed by atoms with van der Waals surface area (Å²) >= 11 is 0. The summed E-state index contributed by atoms with van der Waals surface area (Å²) < 4.78 is 62.8. The summed E-state index contributed by atoms with van der Waals surface area (Å²) in [6.45, 7) is 1.88. The average molecular weight is 504 g/mol. The molecule has 36 heavy (non-hydrogen) atoms. The molecule has 0 radical (unpaired) electrons. The molecule has 12 heteroatoms. The van der Waals surface area contributed by atoms with Gasteiger partial charge in [-0.1, -0.05) is 0 Å². The van der Waals surface area contributed by atoms with Gasteiger partial charge in [0, 0.05) is 48.2 Å². The molecule has 2 N–H and O–H groups in total. The van der Waals surface area contributed by atoms with Crippen molar-refractivity contribution in [2.45, 2.75) is 55.5 Å². The number of aromatic nitrogens is 5. The molecule has 2 atom stereocenters. The van der Waals surface area contributed by atoms with Crippen molar-refractivity contribution in [2.24, 2.45) is 0 Å². The molecule has 5 heterocycles. The molecular formula is C24H25F4N7O. The van der Waals surface area contributed by atoms with Gasteiger partial charge in [-0.05, 0) is 44.4 Å². The van der Waals surface area contributed by atoms with Crippen molar-refractivity contribution in [1.29, 1.82) is 0 Å². The number of anilines is 1. The van der Waals surface area contributed by atoms with Gasteiger partial charge in [0.2, 0.25) is 5.88 Å². The van der Waals surface area contributed by atoms with Crippen LogP contribution >= 0.6 is 0 Å². The maximum absolute atomic E-state index is 15.6. The fourth-order valence-electron chi connectivity index (χ4n) is 5.70. The van der Waals surface area contributed by atoms with E-state index in [4.69, 9.17) is 10.5 Å². The largest absolute Gasteiger partial charge is 0.481 e. The van der Waals surface area contributed by atoms with Crippen molar-refractivity contribution in [2.75, 3.05) is 25.9 Å². The van der Waals surface area contributed by atoms with E-state index in [1.165, 1.54) is 13.3 Å². The summed E-state index contributed by atoms with van der Waals surface area (Å²) in [4.78, 5) is 14.7. The number of hydrogen-bond donors (Lipinski definition) is 1. The second-order valence-corrected chi connectivity index (χ2v) is 9.94. The molecular weight excluding hydrogens is 478 g/mol. The molecule has 6 rings (SSSR count). The number of fused-ring (bicyclic) bond motifs is 2. The van der Waals surface area contributed by atoms with Crippen LogP contribution in [0.5, 0.6) is 5.88 Å². The molecule has 0 aromatic carbocycles. The molecule has 3 aliphatic rings. The average Bonchev–Trinajstić information content (AvgIpc) is 3.17. The summed E-state index contributed by atoms with van der Waals surface area (Å²) in [5, 5.41) is 4.58. The van der Waals surface area contributed by atoms with E-state index in [1.54, 1.807) is 12.3 Å². The van der Waals surface area contributed by atoms with Crippen molar-refractivity contribution in [3.8, 4) is 17.1 Å². The Kier molecular flexibility index (Phi) is 5.05. The Labute approximate surface area is 204 Å². The summed E-state index contributed by atoms with van der Waals surface area (Å²) in [5.41, 5.74) is 4.44. The Balaban J connectivity index is 1.31. The molecule has 0 amide bonds. The number of ether oxygens (including phenoxy) is 1. The van der Waals surface area contributed by atoms with E-state index >= 15 is 4.39 Å². The minimum absolute atomic E-state index is 0.256. The van der Waals surface area contributed by atoms with Gasteiger partial charge in [-0.15, -0.1) is 0 Å². The third-order valence-corrected chi connectivity index (χ3v) is 7.71. The van der Waals surface area contributed by atoms with Crippen LogP contribution in [-0.2, 0) is 18.1 Å². The van der Waals surface area contributed by atoms with Crippen LogP contribution in [0.25, 0.3) is 11.3 Å². The molecule has 1 spiro atoms. The van der Waals surface area contributed by atoms with Crippen LogP contribution < -0.4 is 10.5 Å². The van der Waals surface area contributed by atoms with Crippen LogP contribution in [0.4, 0.5) is 23.4 Å². The molecule has 2 fully saturated rings. The van der Waals surface area contributed by atoms with E-state index < -0.39 is 29.3 Å². The van der Waals surface area contributed by atoms with Crippen molar-refractivity contribution in [3.63, 3.8) is 0 Å². The first kappa shape index (κ1) is 23.1. The van der Waals surface area contributed by atoms with E-state index in [1.807, 2.05) is 10.7 Å². The maximum Gasteiger partial charge on any atom is 0.419 e. The predicted molar refractivity (Wildman–Crippen MR) is 122 cm³/mol. The monoisotopic (exact) mass is 503 g/mol. The molecule has 0 bridgehead atoms. The lowest BCUT2D eigenvalue weighted by atomic mass is 9.82. The molecule has 1 aliphatic carbocycles. The first-order valence-corrected chi connectivity index (χ1v) is 11.8. The fourth-order valence-corrected chi connectivity index (χ4v) is 5.70. The number of nitrogen functional groups attached to an aromatic ring is 1. The smallest absolute Gasteiger partial charge is 0.419 e. The first-order valence-electron chi connectivity index (χ1n) is 11.8. The van der Waals surface area contributed by atoms with Gasteiger partial charge in [0.1, 0.15) is 17.5 Å². The third-order valence-electron chi connectivity index (χ3n) is 7.71. The Morgan fingerprint density at radius 2 is 1.89 bits per heavy atom. The van der Waals surface area contributed by atoms with Crippen LogP contribution in [0, 0.1) is 0 Å². The van der Waals surface area contributed by atoms with Gasteiger partial charge in [-0.25, -0.2) is 14.4 Å². The maximum atomic E-state index is 15.6. The number of nitrogens with zero attached hydrogens (tertiary/aromatic N) is 6. The van der Waals surface area contributed by atoms with Crippen molar-refractivity contribution in [3.05, 3.63) is 47.7 Å². The van der Waals surface area contributed by atoms with E-state index in [0.29, 0.717) is 49.9 Å². The zero-order chi connectivity index (χ0) is 25.3. The van der Waals surface area contributed by atoms with Gasteiger partial charge in [0.15, 0.2) is 5.82 Å². The number of rotatable bonds is 5. The number of likely N-dealkylation sites (tertiary alicyclic amines) is 1. The Hall–Kier alpha value is -3.28. The highest BCUT2D eigenvalue weighted by molar-refractivity contribution is 5.63. The number of alkyl halides is 4. The zero-order valence-corrected chi connectivity index (χ0v) is 19.6. The molecule has 190 valence electrons. The second kappa shape index (κ2) is 7.86. The SMILES string of the molecule is COc1ccnc(C(N2CC[C@@]3(CCn4nc(-c5cnc(N)c(C(F)(F)F)c5)cc43)C2)C2(F)CC2)n1. The Morgan fingerprint density at radius 3 is 2.61 bits per heavy atom. The lowest BCUT2D eigenvalue weighted by Crippen LogP contribution is -2.38. The number of hydrogen-bond acceptors (Lipinski definition) is 7. The second-order valence-electron chi connectivity index (χ2n) is 9.94. The van der Waals surface area contributed by atoms with Crippen LogP contribution in [0.2, 0.25) is 0 Å². The van der Waals surface area contributed by atoms with Crippen molar-refractivity contribution in [1.82, 2.24) is 29.6 Å². The van der Waals surface area contributed by atoms with Crippen molar-refractivity contribution >= 4 is 5.82 Å². The van der Waals surface area contributed by atoms with Gasteiger partial charge < -0.3 is 10.5 Å². The van der Waals surface area contributed by atoms with Crippen LogP contribution in [0.1, 0.15) is 48.8 Å². The molecule has 2 aliphatic heterocycles. The molecule has 1 saturated heterocycles. The highest BCUT2D eigenvalue weighted by Crippen LogP contribution is 2.55. The molecule has 1 unspecified atom stereocenters. The van der Waals surface area contributed by atoms with Gasteiger partial charge >= 0.3 is 6.18 Å². The van der Waals surface area contributed by atoms with E-state index in [0.717, 1.165) is 24.6 Å². The van der Waals surface area contributed by atoms with Crippen LogP contribution in [0.15, 0.2) is 30.6 Å². The van der Waals surface area contributed by atoms with Gasteiger partial charge in [0.25, 0.3) is 0 Å².